The highest BCUT2D eigenvalue weighted by molar-refractivity contribution is 7.89. The number of halogens is 1. The van der Waals surface area contributed by atoms with E-state index in [0.717, 1.165) is 17.5 Å². The van der Waals surface area contributed by atoms with Crippen molar-refractivity contribution in [2.24, 2.45) is 5.92 Å². The topological polar surface area (TPSA) is 88.6 Å². The van der Waals surface area contributed by atoms with Gasteiger partial charge < -0.3 is 4.74 Å². The van der Waals surface area contributed by atoms with Gasteiger partial charge in [-0.2, -0.15) is 0 Å². The average Bonchev–Trinajstić information content (AvgIpc) is 2.88. The molecule has 1 N–H and O–H groups in total. The summed E-state index contributed by atoms with van der Waals surface area (Å²) in [4.78, 5) is 18.4. The van der Waals surface area contributed by atoms with E-state index in [4.69, 9.17) is 16.3 Å². The number of rotatable bonds is 12. The van der Waals surface area contributed by atoms with E-state index in [1.54, 1.807) is 30.5 Å². The molecule has 0 aliphatic rings. The maximum Gasteiger partial charge on any atom is 0.337 e. The van der Waals surface area contributed by atoms with Crippen LogP contribution in [0.25, 0.3) is 0 Å². The molecule has 0 aliphatic carbocycles. The summed E-state index contributed by atoms with van der Waals surface area (Å²) >= 11 is 5.95. The van der Waals surface area contributed by atoms with Crippen LogP contribution in [0.2, 0.25) is 5.02 Å². The van der Waals surface area contributed by atoms with E-state index in [2.05, 4.69) is 14.6 Å². The maximum atomic E-state index is 13.2. The molecule has 0 saturated carbocycles. The number of benzene rings is 2. The third-order valence-electron chi connectivity index (χ3n) is 6.13. The lowest BCUT2D eigenvalue weighted by Crippen LogP contribution is -2.46. The number of pyridine rings is 1. The van der Waals surface area contributed by atoms with Crippen LogP contribution in [0, 0.1) is 5.92 Å². The number of aromatic nitrogens is 1. The van der Waals surface area contributed by atoms with Crippen LogP contribution in [0.15, 0.2) is 78.0 Å². The van der Waals surface area contributed by atoms with Crippen LogP contribution in [0.3, 0.4) is 0 Å². The van der Waals surface area contributed by atoms with Crippen LogP contribution in [-0.2, 0) is 27.8 Å². The Balaban J connectivity index is 1.85. The van der Waals surface area contributed by atoms with Crippen LogP contribution < -0.4 is 4.72 Å². The lowest BCUT2D eigenvalue weighted by molar-refractivity contribution is 0.0600. The first-order valence-corrected chi connectivity index (χ1v) is 13.6. The second kappa shape index (κ2) is 13.0. The molecule has 3 rings (SSSR count). The highest BCUT2D eigenvalue weighted by Gasteiger charge is 2.26. The second-order valence-corrected chi connectivity index (χ2v) is 10.9. The molecular weight excluding hydrogens is 498 g/mol. The van der Waals surface area contributed by atoms with E-state index < -0.39 is 10.0 Å². The zero-order valence-electron chi connectivity index (χ0n) is 20.7. The third-order valence-corrected chi connectivity index (χ3v) is 7.88. The molecule has 2 aromatic carbocycles. The van der Waals surface area contributed by atoms with Crippen molar-refractivity contribution >= 4 is 27.6 Å². The summed E-state index contributed by atoms with van der Waals surface area (Å²) in [6, 6.07) is 17.0. The van der Waals surface area contributed by atoms with E-state index in [9.17, 15) is 13.2 Å². The fourth-order valence-corrected chi connectivity index (χ4v) is 5.30. The monoisotopic (exact) mass is 529 g/mol. The van der Waals surface area contributed by atoms with Crippen LogP contribution in [0.5, 0.6) is 0 Å². The van der Waals surface area contributed by atoms with Crippen molar-refractivity contribution in [3.63, 3.8) is 0 Å². The summed E-state index contributed by atoms with van der Waals surface area (Å²) in [6.07, 6.45) is 4.34. The number of methoxy groups -OCH3 is 1. The molecule has 7 nitrogen and oxygen atoms in total. The van der Waals surface area contributed by atoms with E-state index in [-0.39, 0.29) is 22.8 Å². The number of sulfonamides is 1. The quantitative estimate of drug-likeness (QED) is 0.335. The van der Waals surface area contributed by atoms with Crippen molar-refractivity contribution in [3.05, 3.63) is 94.8 Å². The second-order valence-electron chi connectivity index (χ2n) is 8.79. The van der Waals surface area contributed by atoms with E-state index >= 15 is 0 Å². The van der Waals surface area contributed by atoms with Gasteiger partial charge >= 0.3 is 5.97 Å². The number of esters is 1. The Hall–Kier alpha value is -2.78. The largest absolute Gasteiger partial charge is 0.465 e. The van der Waals surface area contributed by atoms with Crippen molar-refractivity contribution in [1.29, 1.82) is 0 Å². The van der Waals surface area contributed by atoms with Crippen molar-refractivity contribution in [3.8, 4) is 0 Å². The molecular formula is C27H32ClN3O4S. The summed E-state index contributed by atoms with van der Waals surface area (Å²) < 4.78 is 34.1. The SMILES string of the molecule is CC[C@H](C)[C@@H](CN(Cc1ccc(C(=O)OC)cc1)Cc1cccnc1)NS(=O)(=O)c1ccc(Cl)cc1. The zero-order chi connectivity index (χ0) is 26.1. The molecule has 0 bridgehead atoms. The predicted octanol–water partition coefficient (Wildman–Crippen LogP) is 4.92. The minimum Gasteiger partial charge on any atom is -0.465 e. The first kappa shape index (κ1) is 27.8. The molecule has 192 valence electrons. The molecule has 0 spiro atoms. The summed E-state index contributed by atoms with van der Waals surface area (Å²) in [5.41, 5.74) is 2.50. The van der Waals surface area contributed by atoms with Gasteiger partial charge in [0.15, 0.2) is 0 Å². The number of nitrogens with one attached hydrogen (secondary N) is 1. The Kier molecular flexibility index (Phi) is 10.0. The fourth-order valence-electron chi connectivity index (χ4n) is 3.83. The minimum absolute atomic E-state index is 0.0881. The molecule has 1 aromatic heterocycles. The number of nitrogens with zero attached hydrogens (tertiary/aromatic N) is 2. The molecule has 2 atom stereocenters. The van der Waals surface area contributed by atoms with Crippen molar-refractivity contribution in [2.45, 2.75) is 44.3 Å². The van der Waals surface area contributed by atoms with Crippen LogP contribution in [0.4, 0.5) is 0 Å². The highest BCUT2D eigenvalue weighted by Crippen LogP contribution is 2.19. The molecule has 0 saturated heterocycles. The lowest BCUT2D eigenvalue weighted by Gasteiger charge is -2.31. The van der Waals surface area contributed by atoms with Gasteiger partial charge in [0.25, 0.3) is 0 Å². The lowest BCUT2D eigenvalue weighted by atomic mass is 9.99. The Morgan fingerprint density at radius 2 is 1.72 bits per heavy atom. The van der Waals surface area contributed by atoms with Gasteiger partial charge in [0.2, 0.25) is 10.0 Å². The van der Waals surface area contributed by atoms with Crippen LogP contribution in [-0.4, -0.2) is 44.0 Å². The van der Waals surface area contributed by atoms with Gasteiger partial charge in [-0.15, -0.1) is 0 Å². The smallest absolute Gasteiger partial charge is 0.337 e. The Morgan fingerprint density at radius 1 is 1.06 bits per heavy atom. The van der Waals surface area contributed by atoms with Gasteiger partial charge in [0.05, 0.1) is 17.6 Å². The fraction of sp³-hybridized carbons (Fsp3) is 0.333. The van der Waals surface area contributed by atoms with Gasteiger partial charge in [-0.3, -0.25) is 9.88 Å². The first-order valence-electron chi connectivity index (χ1n) is 11.8. The standard InChI is InChI=1S/C27H32ClN3O4S/c1-4-20(2)26(30-36(33,34)25-13-11-24(28)12-14-25)19-31(18-22-6-5-15-29-16-22)17-21-7-9-23(10-8-21)27(32)35-3/h5-16,20,26,30H,4,17-19H2,1-3H3/t20-,26+/m0/s1. The van der Waals surface area contributed by atoms with Gasteiger partial charge in [0.1, 0.15) is 0 Å². The first-order chi connectivity index (χ1) is 17.2. The van der Waals surface area contributed by atoms with Crippen LogP contribution in [0.1, 0.15) is 41.8 Å². The van der Waals surface area contributed by atoms with Crippen molar-refractivity contribution < 1.29 is 17.9 Å². The van der Waals surface area contributed by atoms with Crippen molar-refractivity contribution in [2.75, 3.05) is 13.7 Å². The van der Waals surface area contributed by atoms with E-state index in [1.165, 1.54) is 19.2 Å². The molecule has 9 heteroatoms. The van der Waals surface area contributed by atoms with Gasteiger partial charge in [-0.05, 0) is 59.5 Å². The summed E-state index contributed by atoms with van der Waals surface area (Å²) in [7, 11) is -2.39. The molecule has 3 aromatic rings. The highest BCUT2D eigenvalue weighted by atomic mass is 35.5. The third kappa shape index (κ3) is 7.86. The van der Waals surface area contributed by atoms with Gasteiger partial charge in [-0.25, -0.2) is 17.9 Å². The Labute approximate surface area is 218 Å². The normalized spacial score (nSPS) is 13.4. The summed E-state index contributed by atoms with van der Waals surface area (Å²) in [6.45, 7) is 5.72. The van der Waals surface area contributed by atoms with E-state index in [1.807, 2.05) is 44.3 Å². The zero-order valence-corrected chi connectivity index (χ0v) is 22.3. The Bertz CT molecular complexity index is 1220. The summed E-state index contributed by atoms with van der Waals surface area (Å²) in [5.74, 6) is -0.299. The molecule has 0 amide bonds. The molecule has 0 fully saturated rings. The number of ether oxygens (including phenoxy) is 1. The predicted molar refractivity (Wildman–Crippen MR) is 141 cm³/mol. The van der Waals surface area contributed by atoms with E-state index in [0.29, 0.717) is 30.2 Å². The maximum absolute atomic E-state index is 13.2. The molecule has 0 unspecified atom stereocenters. The molecule has 1 heterocycles. The van der Waals surface area contributed by atoms with Crippen LogP contribution >= 0.6 is 11.6 Å². The number of hydrogen-bond acceptors (Lipinski definition) is 6. The summed E-state index contributed by atoms with van der Waals surface area (Å²) in [5, 5.41) is 0.480. The minimum atomic E-state index is -3.74. The Morgan fingerprint density at radius 3 is 2.31 bits per heavy atom. The molecule has 0 radical (unpaired) electrons. The van der Waals surface area contributed by atoms with Crippen molar-refractivity contribution in [1.82, 2.24) is 14.6 Å². The number of carbonyl (C=O) groups excluding carboxylic acids is 1. The molecule has 0 aliphatic heterocycles. The molecule has 36 heavy (non-hydrogen) atoms. The van der Waals surface area contributed by atoms with Gasteiger partial charge in [0, 0.05) is 43.1 Å². The van der Waals surface area contributed by atoms with Gasteiger partial charge in [-0.1, -0.05) is 50.1 Å². The average molecular weight is 530 g/mol. The number of hydrogen-bond donors (Lipinski definition) is 1. The number of carbonyl (C=O) groups is 1.